The lowest BCUT2D eigenvalue weighted by atomic mass is 9.51. The standard InChI is InChI=1S/C24H42.C3H4.C2H2.CH5N/c1-3-4-10-21-22(19-12-7-8-17(19)2)15-16-23-20-11-6-5-9-18(20)13-14-24(21)23;1-3-2;2*1-2/h17-24H,3-16H2,1-2H3;1H,2H3;1-2H;2H2,1H3. The third-order valence-corrected chi connectivity index (χ3v) is 9.24. The van der Waals surface area contributed by atoms with Crippen molar-refractivity contribution in [3.63, 3.8) is 0 Å². The number of fused-ring (bicyclic) bond motifs is 3. The Morgan fingerprint density at radius 2 is 1.29 bits per heavy atom. The van der Waals surface area contributed by atoms with E-state index in [4.69, 9.17) is 0 Å². The zero-order valence-electron chi connectivity index (χ0n) is 21.3. The maximum absolute atomic E-state index is 4.60. The topological polar surface area (TPSA) is 26.0 Å². The number of nitrogens with two attached hydrogens (primary N) is 1. The normalized spacial score (nSPS) is 38.3. The smallest absolute Gasteiger partial charge is 0.00297 e. The van der Waals surface area contributed by atoms with E-state index in [9.17, 15) is 0 Å². The zero-order valence-corrected chi connectivity index (χ0v) is 21.3. The second kappa shape index (κ2) is 15.8. The molecule has 0 radical (unpaired) electrons. The van der Waals surface area contributed by atoms with Crippen molar-refractivity contribution in [3.05, 3.63) is 0 Å². The van der Waals surface area contributed by atoms with Crippen LogP contribution < -0.4 is 5.73 Å². The molecule has 0 spiro atoms. The van der Waals surface area contributed by atoms with E-state index in [-0.39, 0.29) is 0 Å². The van der Waals surface area contributed by atoms with Crippen LogP contribution in [0.15, 0.2) is 0 Å². The van der Waals surface area contributed by atoms with Gasteiger partial charge in [0.05, 0.1) is 0 Å². The minimum absolute atomic E-state index is 1.03. The fourth-order valence-electron chi connectivity index (χ4n) is 8.18. The summed E-state index contributed by atoms with van der Waals surface area (Å²) < 4.78 is 0. The summed E-state index contributed by atoms with van der Waals surface area (Å²) in [6, 6.07) is 0. The van der Waals surface area contributed by atoms with E-state index < -0.39 is 0 Å². The monoisotopic (exact) mass is 427 g/mol. The van der Waals surface area contributed by atoms with Crippen molar-refractivity contribution in [2.45, 2.75) is 111 Å². The molecule has 178 valence electrons. The van der Waals surface area contributed by atoms with E-state index in [1.54, 1.807) is 71.1 Å². The van der Waals surface area contributed by atoms with Crippen LogP contribution >= 0.6 is 0 Å². The molecule has 2 N–H and O–H groups in total. The lowest BCUT2D eigenvalue weighted by Crippen LogP contribution is -2.46. The first-order chi connectivity index (χ1) is 15.2. The summed E-state index contributed by atoms with van der Waals surface area (Å²) in [6.45, 7) is 6.64. The van der Waals surface area contributed by atoms with Crippen LogP contribution in [-0.4, -0.2) is 7.05 Å². The second-order valence-corrected chi connectivity index (χ2v) is 10.5. The molecule has 0 aliphatic heterocycles. The molecule has 0 amide bonds. The third kappa shape index (κ3) is 7.29. The van der Waals surface area contributed by atoms with Gasteiger partial charge in [-0.2, -0.15) is 0 Å². The van der Waals surface area contributed by atoms with E-state index in [0.29, 0.717) is 0 Å². The second-order valence-electron chi connectivity index (χ2n) is 10.5. The predicted molar refractivity (Wildman–Crippen MR) is 138 cm³/mol. The van der Waals surface area contributed by atoms with Crippen molar-refractivity contribution < 1.29 is 0 Å². The first-order valence-electron chi connectivity index (χ1n) is 13.5. The van der Waals surface area contributed by atoms with Gasteiger partial charge in [0.15, 0.2) is 0 Å². The Kier molecular flexibility index (Phi) is 14.3. The first kappa shape index (κ1) is 28.1. The molecule has 0 bridgehead atoms. The summed E-state index contributed by atoms with van der Waals surface area (Å²) in [4.78, 5) is 0. The summed E-state index contributed by atoms with van der Waals surface area (Å²) in [5.74, 6) is 11.1. The molecular weight excluding hydrogens is 374 g/mol. The van der Waals surface area contributed by atoms with Gasteiger partial charge in [0.2, 0.25) is 0 Å². The molecule has 0 aromatic heterocycles. The Morgan fingerprint density at radius 3 is 1.90 bits per heavy atom. The summed E-state index contributed by atoms with van der Waals surface area (Å²) in [6.07, 6.45) is 34.4. The highest BCUT2D eigenvalue weighted by atomic mass is 14.5. The molecule has 4 aliphatic rings. The lowest BCUT2D eigenvalue weighted by molar-refractivity contribution is -0.0485. The summed E-state index contributed by atoms with van der Waals surface area (Å²) in [5.41, 5.74) is 4.50. The summed E-state index contributed by atoms with van der Waals surface area (Å²) in [5, 5.41) is 0. The van der Waals surface area contributed by atoms with Gasteiger partial charge < -0.3 is 5.73 Å². The number of hydrogen-bond acceptors (Lipinski definition) is 1. The SMILES string of the molecule is C#C.C#CC.CCCCC1C(C2CCCC2C)CCC2C3CCCCC3CCC21.CN. The highest BCUT2D eigenvalue weighted by Crippen LogP contribution is 2.58. The van der Waals surface area contributed by atoms with E-state index in [1.165, 1.54) is 32.7 Å². The van der Waals surface area contributed by atoms with Crippen molar-refractivity contribution >= 4 is 0 Å². The Bertz CT molecular complexity index is 514. The zero-order chi connectivity index (χ0) is 23.2. The van der Waals surface area contributed by atoms with Crippen molar-refractivity contribution in [3.8, 4) is 25.2 Å². The van der Waals surface area contributed by atoms with Gasteiger partial charge >= 0.3 is 0 Å². The van der Waals surface area contributed by atoms with Crippen LogP contribution in [-0.2, 0) is 0 Å². The fraction of sp³-hybridized carbons (Fsp3) is 0.867. The molecule has 8 atom stereocenters. The van der Waals surface area contributed by atoms with Crippen LogP contribution in [0.4, 0.5) is 0 Å². The summed E-state index contributed by atoms with van der Waals surface area (Å²) >= 11 is 0. The molecule has 0 saturated heterocycles. The van der Waals surface area contributed by atoms with E-state index in [0.717, 1.165) is 47.3 Å². The number of rotatable bonds is 4. The van der Waals surface area contributed by atoms with E-state index >= 15 is 0 Å². The van der Waals surface area contributed by atoms with Crippen LogP contribution in [0.3, 0.4) is 0 Å². The van der Waals surface area contributed by atoms with Crippen molar-refractivity contribution in [2.24, 2.45) is 53.1 Å². The van der Waals surface area contributed by atoms with Crippen LogP contribution in [0.1, 0.15) is 111 Å². The van der Waals surface area contributed by atoms with Gasteiger partial charge in [0, 0.05) is 0 Å². The molecule has 31 heavy (non-hydrogen) atoms. The number of unbranched alkanes of at least 4 members (excludes halogenated alkanes) is 1. The van der Waals surface area contributed by atoms with Gasteiger partial charge in [0.25, 0.3) is 0 Å². The van der Waals surface area contributed by atoms with Gasteiger partial charge in [-0.25, -0.2) is 0 Å². The van der Waals surface area contributed by atoms with E-state index in [1.807, 2.05) is 0 Å². The maximum Gasteiger partial charge on any atom is -0.00297 e. The van der Waals surface area contributed by atoms with Crippen molar-refractivity contribution in [1.82, 2.24) is 0 Å². The Balaban J connectivity index is 0.000000620. The Hall–Kier alpha value is -0.920. The van der Waals surface area contributed by atoms with Crippen molar-refractivity contribution in [1.29, 1.82) is 0 Å². The van der Waals surface area contributed by atoms with Gasteiger partial charge in [-0.15, -0.1) is 25.2 Å². The molecule has 4 fully saturated rings. The molecule has 1 nitrogen and oxygen atoms in total. The number of hydrogen-bond donors (Lipinski definition) is 1. The minimum atomic E-state index is 1.03. The molecule has 8 unspecified atom stereocenters. The average molecular weight is 428 g/mol. The maximum atomic E-state index is 4.60. The number of terminal acetylenes is 2. The van der Waals surface area contributed by atoms with Crippen LogP contribution in [0.2, 0.25) is 0 Å². The van der Waals surface area contributed by atoms with Gasteiger partial charge in [-0.1, -0.05) is 58.8 Å². The van der Waals surface area contributed by atoms with Crippen LogP contribution in [0.5, 0.6) is 0 Å². The van der Waals surface area contributed by atoms with Crippen LogP contribution in [0.25, 0.3) is 0 Å². The molecule has 0 aromatic carbocycles. The molecule has 4 aliphatic carbocycles. The van der Waals surface area contributed by atoms with Gasteiger partial charge in [0.1, 0.15) is 0 Å². The molecule has 1 heteroatoms. The average Bonchev–Trinajstić information content (AvgIpc) is 3.26. The quantitative estimate of drug-likeness (QED) is 0.453. The summed E-state index contributed by atoms with van der Waals surface area (Å²) in [7, 11) is 1.50. The Labute approximate surface area is 196 Å². The lowest BCUT2D eigenvalue weighted by Gasteiger charge is -2.54. The Morgan fingerprint density at radius 1 is 0.742 bits per heavy atom. The highest BCUT2D eigenvalue weighted by molar-refractivity contribution is 4.99. The highest BCUT2D eigenvalue weighted by Gasteiger charge is 2.49. The predicted octanol–water partition coefficient (Wildman–Crippen LogP) is 7.94. The fourth-order valence-corrected chi connectivity index (χ4v) is 8.18. The molecule has 0 heterocycles. The van der Waals surface area contributed by atoms with Crippen molar-refractivity contribution in [2.75, 3.05) is 7.05 Å². The van der Waals surface area contributed by atoms with Gasteiger partial charge in [-0.3, -0.25) is 0 Å². The minimum Gasteiger partial charge on any atom is -0.333 e. The molecular formula is C30H53N. The largest absolute Gasteiger partial charge is 0.333 e. The van der Waals surface area contributed by atoms with Crippen LogP contribution in [0, 0.1) is 72.5 Å². The first-order valence-corrected chi connectivity index (χ1v) is 13.5. The molecule has 4 rings (SSSR count). The molecule has 4 saturated carbocycles. The third-order valence-electron chi connectivity index (χ3n) is 9.24. The van der Waals surface area contributed by atoms with Gasteiger partial charge in [-0.05, 0) is 106 Å². The van der Waals surface area contributed by atoms with E-state index in [2.05, 4.69) is 44.8 Å². The molecule has 0 aromatic rings.